The van der Waals surface area contributed by atoms with Crippen molar-refractivity contribution in [2.45, 2.75) is 32.7 Å². The topological polar surface area (TPSA) is 50.5 Å². The molecule has 1 saturated carbocycles. The third-order valence-electron chi connectivity index (χ3n) is 4.17. The number of nitrogens with zero attached hydrogens (tertiary/aromatic N) is 1. The number of carbonyl (C=O) groups is 2. The second-order valence-electron chi connectivity index (χ2n) is 5.47. The van der Waals surface area contributed by atoms with Crippen LogP contribution in [0.2, 0.25) is 0 Å². The predicted molar refractivity (Wildman–Crippen MR) is 64.3 cm³/mol. The molecular formula is C14H17NO3. The van der Waals surface area contributed by atoms with Crippen LogP contribution in [0.15, 0.2) is 22.8 Å². The maximum absolute atomic E-state index is 12.3. The Morgan fingerprint density at radius 1 is 1.28 bits per heavy atom. The van der Waals surface area contributed by atoms with Crippen LogP contribution in [-0.2, 0) is 16.1 Å². The Labute approximate surface area is 106 Å². The van der Waals surface area contributed by atoms with Crippen molar-refractivity contribution in [2.75, 3.05) is 0 Å². The van der Waals surface area contributed by atoms with Gasteiger partial charge in [-0.1, -0.05) is 6.92 Å². The number of rotatable bonds is 2. The number of hydrogen-bond acceptors (Lipinski definition) is 3. The second-order valence-corrected chi connectivity index (χ2v) is 5.47. The van der Waals surface area contributed by atoms with Crippen molar-refractivity contribution in [1.29, 1.82) is 0 Å². The van der Waals surface area contributed by atoms with Crippen LogP contribution < -0.4 is 0 Å². The van der Waals surface area contributed by atoms with Crippen LogP contribution in [-0.4, -0.2) is 16.7 Å². The Morgan fingerprint density at radius 3 is 2.78 bits per heavy atom. The molecule has 0 bridgehead atoms. The van der Waals surface area contributed by atoms with Crippen molar-refractivity contribution in [3.63, 3.8) is 0 Å². The van der Waals surface area contributed by atoms with Crippen LogP contribution in [0, 0.1) is 17.8 Å². The van der Waals surface area contributed by atoms with Crippen molar-refractivity contribution in [1.82, 2.24) is 4.90 Å². The third-order valence-corrected chi connectivity index (χ3v) is 4.17. The van der Waals surface area contributed by atoms with E-state index >= 15 is 0 Å². The van der Waals surface area contributed by atoms with Gasteiger partial charge in [-0.25, -0.2) is 0 Å². The minimum Gasteiger partial charge on any atom is -0.467 e. The molecular weight excluding hydrogens is 230 g/mol. The highest BCUT2D eigenvalue weighted by Crippen LogP contribution is 2.40. The minimum absolute atomic E-state index is 0.00620. The van der Waals surface area contributed by atoms with E-state index in [4.69, 9.17) is 4.42 Å². The lowest BCUT2D eigenvalue weighted by atomic mass is 9.76. The molecule has 0 spiro atoms. The van der Waals surface area contributed by atoms with E-state index in [9.17, 15) is 9.59 Å². The van der Waals surface area contributed by atoms with Gasteiger partial charge in [-0.2, -0.15) is 0 Å². The van der Waals surface area contributed by atoms with Crippen molar-refractivity contribution in [2.24, 2.45) is 17.8 Å². The lowest BCUT2D eigenvalue weighted by Crippen LogP contribution is -2.30. The standard InChI is InChI=1S/C14H17NO3/c1-9-4-5-11-12(7-9)14(17)15(13(11)16)8-10-3-2-6-18-10/h2-3,6,9,11-12H,4-5,7-8H2,1H3/t9-,11+,12+/m1/s1. The number of amides is 2. The average Bonchev–Trinajstić information content (AvgIpc) is 2.93. The Morgan fingerprint density at radius 2 is 2.06 bits per heavy atom. The van der Waals surface area contributed by atoms with Crippen molar-refractivity contribution >= 4 is 11.8 Å². The summed E-state index contributed by atoms with van der Waals surface area (Å²) >= 11 is 0. The van der Waals surface area contributed by atoms with Gasteiger partial charge in [0.2, 0.25) is 11.8 Å². The van der Waals surface area contributed by atoms with Gasteiger partial charge < -0.3 is 4.42 Å². The van der Waals surface area contributed by atoms with E-state index in [0.717, 1.165) is 19.3 Å². The molecule has 2 heterocycles. The average molecular weight is 247 g/mol. The molecule has 18 heavy (non-hydrogen) atoms. The first-order chi connectivity index (χ1) is 8.66. The van der Waals surface area contributed by atoms with Crippen LogP contribution in [0.25, 0.3) is 0 Å². The molecule has 0 radical (unpaired) electrons. The molecule has 0 N–H and O–H groups in total. The summed E-state index contributed by atoms with van der Waals surface area (Å²) in [6.07, 6.45) is 4.32. The molecule has 1 saturated heterocycles. The highest BCUT2D eigenvalue weighted by atomic mass is 16.3. The van der Waals surface area contributed by atoms with Crippen molar-refractivity contribution in [3.05, 3.63) is 24.2 Å². The molecule has 96 valence electrons. The van der Waals surface area contributed by atoms with Gasteiger partial charge in [0.15, 0.2) is 0 Å². The predicted octanol–water partition coefficient (Wildman–Crippen LogP) is 2.20. The molecule has 4 nitrogen and oxygen atoms in total. The van der Waals surface area contributed by atoms with E-state index in [1.807, 2.05) is 0 Å². The molecule has 2 fully saturated rings. The van der Waals surface area contributed by atoms with E-state index in [1.54, 1.807) is 18.4 Å². The van der Waals surface area contributed by atoms with Gasteiger partial charge >= 0.3 is 0 Å². The number of imide groups is 1. The van der Waals surface area contributed by atoms with Crippen LogP contribution in [0.5, 0.6) is 0 Å². The SMILES string of the molecule is C[C@@H]1CC[C@@H]2C(=O)N(Cc3ccco3)C(=O)[C@H]2C1. The molecule has 3 rings (SSSR count). The van der Waals surface area contributed by atoms with Crippen LogP contribution in [0.1, 0.15) is 31.9 Å². The molecule has 1 aromatic heterocycles. The first-order valence-electron chi connectivity index (χ1n) is 6.54. The molecule has 1 aliphatic heterocycles. The monoisotopic (exact) mass is 247 g/mol. The fraction of sp³-hybridized carbons (Fsp3) is 0.571. The first-order valence-corrected chi connectivity index (χ1v) is 6.54. The zero-order chi connectivity index (χ0) is 12.7. The quantitative estimate of drug-likeness (QED) is 0.753. The zero-order valence-electron chi connectivity index (χ0n) is 10.5. The zero-order valence-corrected chi connectivity index (χ0v) is 10.5. The summed E-state index contributed by atoms with van der Waals surface area (Å²) in [5, 5.41) is 0. The summed E-state index contributed by atoms with van der Waals surface area (Å²) in [7, 11) is 0. The summed E-state index contributed by atoms with van der Waals surface area (Å²) in [4.78, 5) is 25.9. The Kier molecular flexibility index (Phi) is 2.73. The molecule has 2 aliphatic rings. The highest BCUT2D eigenvalue weighted by Gasteiger charge is 2.49. The second kappa shape index (κ2) is 4.26. The number of hydrogen-bond donors (Lipinski definition) is 0. The van der Waals surface area contributed by atoms with Crippen molar-refractivity contribution in [3.8, 4) is 0 Å². The maximum atomic E-state index is 12.3. The molecule has 0 unspecified atom stereocenters. The molecule has 1 aliphatic carbocycles. The Hall–Kier alpha value is -1.58. The van der Waals surface area contributed by atoms with Crippen LogP contribution in [0.4, 0.5) is 0 Å². The summed E-state index contributed by atoms with van der Waals surface area (Å²) in [6, 6.07) is 3.57. The number of likely N-dealkylation sites (tertiary alicyclic amines) is 1. The first kappa shape index (κ1) is 11.5. The molecule has 2 amide bonds. The summed E-state index contributed by atoms with van der Waals surface area (Å²) < 4.78 is 5.22. The lowest BCUT2D eigenvalue weighted by molar-refractivity contribution is -0.140. The number of carbonyl (C=O) groups excluding carboxylic acids is 2. The number of fused-ring (bicyclic) bond motifs is 1. The molecule has 1 aromatic rings. The molecule has 0 aromatic carbocycles. The fourth-order valence-electron chi connectivity index (χ4n) is 3.17. The van der Waals surface area contributed by atoms with Crippen molar-refractivity contribution < 1.29 is 14.0 Å². The normalized spacial score (nSPS) is 31.8. The fourth-order valence-corrected chi connectivity index (χ4v) is 3.17. The Bertz CT molecular complexity index is 465. The number of furan rings is 1. The lowest BCUT2D eigenvalue weighted by Gasteiger charge is -2.25. The third kappa shape index (κ3) is 1.76. The summed E-state index contributed by atoms with van der Waals surface area (Å²) in [5.74, 6) is 1.04. The summed E-state index contributed by atoms with van der Waals surface area (Å²) in [5.41, 5.74) is 0. The Balaban J connectivity index is 1.80. The van der Waals surface area contributed by atoms with Crippen LogP contribution in [0.3, 0.4) is 0 Å². The van der Waals surface area contributed by atoms with Gasteiger partial charge in [0.1, 0.15) is 5.76 Å². The molecule has 3 atom stereocenters. The van der Waals surface area contributed by atoms with Gasteiger partial charge in [-0.15, -0.1) is 0 Å². The molecule has 4 heteroatoms. The van der Waals surface area contributed by atoms with Gasteiger partial charge in [-0.05, 0) is 37.3 Å². The van der Waals surface area contributed by atoms with E-state index in [0.29, 0.717) is 11.7 Å². The van der Waals surface area contributed by atoms with Gasteiger partial charge in [0.05, 0.1) is 24.6 Å². The van der Waals surface area contributed by atoms with Gasteiger partial charge in [0, 0.05) is 0 Å². The van der Waals surface area contributed by atoms with Crippen LogP contribution >= 0.6 is 0 Å². The maximum Gasteiger partial charge on any atom is 0.233 e. The largest absolute Gasteiger partial charge is 0.467 e. The highest BCUT2D eigenvalue weighted by molar-refractivity contribution is 6.05. The van der Waals surface area contributed by atoms with E-state index < -0.39 is 0 Å². The van der Waals surface area contributed by atoms with E-state index in [1.165, 1.54) is 4.90 Å². The minimum atomic E-state index is -0.0868. The van der Waals surface area contributed by atoms with Gasteiger partial charge in [-0.3, -0.25) is 14.5 Å². The smallest absolute Gasteiger partial charge is 0.233 e. The van der Waals surface area contributed by atoms with E-state index in [-0.39, 0.29) is 30.2 Å². The van der Waals surface area contributed by atoms with E-state index in [2.05, 4.69) is 6.92 Å². The summed E-state index contributed by atoms with van der Waals surface area (Å²) in [6.45, 7) is 2.44. The van der Waals surface area contributed by atoms with Gasteiger partial charge in [0.25, 0.3) is 0 Å².